The minimum absolute atomic E-state index is 0.131. The largest absolute Gasteiger partial charge is 0.361 e. The maximum atomic E-state index is 13.6. The molecular formula is C28H31N5O2Si. The maximum absolute atomic E-state index is 13.6. The molecule has 0 unspecified atom stereocenters. The SMILES string of the molecule is CCn1nc(-c2ccc(C(=O)c3nc4ccccc4n3COCC[Si](C)(C)C)cc2)c2ncccc21. The van der Waals surface area contributed by atoms with Gasteiger partial charge in [0.2, 0.25) is 5.78 Å². The third kappa shape index (κ3) is 4.74. The molecule has 2 aromatic carbocycles. The number of rotatable bonds is 9. The van der Waals surface area contributed by atoms with E-state index in [9.17, 15) is 4.79 Å². The summed E-state index contributed by atoms with van der Waals surface area (Å²) in [6.07, 6.45) is 1.78. The van der Waals surface area contributed by atoms with Gasteiger partial charge in [0.1, 0.15) is 17.9 Å². The molecule has 0 saturated carbocycles. The van der Waals surface area contributed by atoms with Crippen LogP contribution in [0.1, 0.15) is 23.1 Å². The molecule has 8 heteroatoms. The Kier molecular flexibility index (Phi) is 6.55. The second-order valence-corrected chi connectivity index (χ2v) is 15.8. The zero-order chi connectivity index (χ0) is 25.3. The number of benzene rings is 2. The lowest BCUT2D eigenvalue weighted by atomic mass is 10.1. The molecule has 0 bridgehead atoms. The molecule has 3 heterocycles. The van der Waals surface area contributed by atoms with Crippen LogP contribution in [0.3, 0.4) is 0 Å². The first-order valence-corrected chi connectivity index (χ1v) is 16.1. The van der Waals surface area contributed by atoms with Crippen LogP contribution in [0.2, 0.25) is 25.7 Å². The van der Waals surface area contributed by atoms with Crippen LogP contribution in [-0.2, 0) is 18.0 Å². The van der Waals surface area contributed by atoms with Gasteiger partial charge < -0.3 is 4.74 Å². The molecule has 0 atom stereocenters. The Morgan fingerprint density at radius 1 is 0.972 bits per heavy atom. The van der Waals surface area contributed by atoms with Crippen LogP contribution >= 0.6 is 0 Å². The van der Waals surface area contributed by atoms with Crippen molar-refractivity contribution in [3.8, 4) is 11.3 Å². The van der Waals surface area contributed by atoms with Crippen molar-refractivity contribution in [3.63, 3.8) is 0 Å². The highest BCUT2D eigenvalue weighted by molar-refractivity contribution is 6.76. The molecule has 7 nitrogen and oxygen atoms in total. The van der Waals surface area contributed by atoms with E-state index in [1.54, 1.807) is 6.20 Å². The number of imidazole rings is 1. The number of para-hydroxylation sites is 2. The van der Waals surface area contributed by atoms with Crippen molar-refractivity contribution in [1.82, 2.24) is 24.3 Å². The van der Waals surface area contributed by atoms with Crippen molar-refractivity contribution < 1.29 is 9.53 Å². The van der Waals surface area contributed by atoms with Crippen LogP contribution < -0.4 is 0 Å². The lowest BCUT2D eigenvalue weighted by molar-refractivity contribution is 0.0834. The van der Waals surface area contributed by atoms with E-state index in [2.05, 4.69) is 36.5 Å². The average Bonchev–Trinajstić information content (AvgIpc) is 3.44. The average molecular weight is 498 g/mol. The highest BCUT2D eigenvalue weighted by Crippen LogP contribution is 2.27. The summed E-state index contributed by atoms with van der Waals surface area (Å²) in [5.41, 5.74) is 5.85. The molecule has 0 aliphatic carbocycles. The van der Waals surface area contributed by atoms with Gasteiger partial charge in [0.25, 0.3) is 0 Å². The fraction of sp³-hybridized carbons (Fsp3) is 0.286. The van der Waals surface area contributed by atoms with Gasteiger partial charge in [-0.25, -0.2) is 4.98 Å². The topological polar surface area (TPSA) is 74.8 Å². The van der Waals surface area contributed by atoms with E-state index in [1.807, 2.05) is 69.9 Å². The Balaban J connectivity index is 1.44. The molecular weight excluding hydrogens is 466 g/mol. The number of aromatic nitrogens is 5. The monoisotopic (exact) mass is 497 g/mol. The first kappa shape index (κ1) is 24.1. The molecule has 0 amide bonds. The Hall–Kier alpha value is -3.62. The Morgan fingerprint density at radius 2 is 1.72 bits per heavy atom. The van der Waals surface area contributed by atoms with Gasteiger partial charge in [-0.3, -0.25) is 19.0 Å². The fourth-order valence-corrected chi connectivity index (χ4v) is 5.02. The van der Waals surface area contributed by atoms with Gasteiger partial charge in [-0.1, -0.05) is 56.0 Å². The van der Waals surface area contributed by atoms with Crippen molar-refractivity contribution in [2.24, 2.45) is 0 Å². The molecule has 3 aromatic heterocycles. The number of hydrogen-bond acceptors (Lipinski definition) is 5. The van der Waals surface area contributed by atoms with Crippen molar-refractivity contribution in [2.45, 2.75) is 45.9 Å². The van der Waals surface area contributed by atoms with Gasteiger partial charge in [0.15, 0.2) is 5.82 Å². The summed E-state index contributed by atoms with van der Waals surface area (Å²) in [6, 6.07) is 20.4. The Morgan fingerprint density at radius 3 is 2.47 bits per heavy atom. The molecule has 0 spiro atoms. The number of nitrogens with zero attached hydrogens (tertiary/aromatic N) is 5. The van der Waals surface area contributed by atoms with Gasteiger partial charge in [-0.2, -0.15) is 5.10 Å². The summed E-state index contributed by atoms with van der Waals surface area (Å²) in [5, 5.41) is 4.75. The number of hydrogen-bond donors (Lipinski definition) is 0. The first-order chi connectivity index (χ1) is 17.4. The summed E-state index contributed by atoms with van der Waals surface area (Å²) in [4.78, 5) is 22.8. The second kappa shape index (κ2) is 9.79. The third-order valence-electron chi connectivity index (χ3n) is 6.30. The van der Waals surface area contributed by atoms with Crippen LogP contribution in [0, 0.1) is 0 Å². The van der Waals surface area contributed by atoms with E-state index in [1.165, 1.54) is 0 Å². The van der Waals surface area contributed by atoms with Crippen molar-refractivity contribution in [1.29, 1.82) is 0 Å². The van der Waals surface area contributed by atoms with E-state index in [-0.39, 0.29) is 5.78 Å². The molecule has 184 valence electrons. The van der Waals surface area contributed by atoms with Crippen molar-refractivity contribution >= 4 is 35.9 Å². The van der Waals surface area contributed by atoms with Crippen LogP contribution in [0.25, 0.3) is 33.3 Å². The van der Waals surface area contributed by atoms with E-state index < -0.39 is 8.07 Å². The van der Waals surface area contributed by atoms with Crippen molar-refractivity contribution in [3.05, 3.63) is 78.2 Å². The third-order valence-corrected chi connectivity index (χ3v) is 8.01. The molecule has 5 rings (SSSR count). The van der Waals surface area contributed by atoms with Gasteiger partial charge in [0, 0.05) is 38.5 Å². The highest BCUT2D eigenvalue weighted by Gasteiger charge is 2.21. The molecule has 0 aliphatic heterocycles. The van der Waals surface area contributed by atoms with Gasteiger partial charge in [-0.15, -0.1) is 0 Å². The summed E-state index contributed by atoms with van der Waals surface area (Å²) in [5.74, 6) is 0.257. The molecule has 0 radical (unpaired) electrons. The molecule has 0 N–H and O–H groups in total. The Bertz CT molecular complexity index is 1530. The molecule has 0 fully saturated rings. The molecule has 0 saturated heterocycles. The fourth-order valence-electron chi connectivity index (χ4n) is 4.27. The summed E-state index contributed by atoms with van der Waals surface area (Å²) < 4.78 is 9.84. The number of carbonyl (C=O) groups excluding carboxylic acids is 1. The lowest BCUT2D eigenvalue weighted by Crippen LogP contribution is -2.22. The zero-order valence-corrected chi connectivity index (χ0v) is 22.2. The first-order valence-electron chi connectivity index (χ1n) is 12.4. The molecule has 0 aliphatic rings. The van der Waals surface area contributed by atoms with Gasteiger partial charge in [0.05, 0.1) is 16.6 Å². The minimum Gasteiger partial charge on any atom is -0.361 e. The summed E-state index contributed by atoms with van der Waals surface area (Å²) in [6.45, 7) is 10.8. The normalized spacial score (nSPS) is 12.0. The standard InChI is InChI=1S/C28H31N5O2Si/c1-5-33-24-11-8-16-29-26(24)25(31-33)20-12-14-21(15-13-20)27(34)28-30-22-9-6-7-10-23(22)32(28)19-35-17-18-36(2,3)4/h6-16H,5,17-19H2,1-4H3. The minimum atomic E-state index is -1.20. The quantitative estimate of drug-likeness (QED) is 0.142. The molecule has 5 aromatic rings. The van der Waals surface area contributed by atoms with E-state index in [0.29, 0.717) is 24.7 Å². The van der Waals surface area contributed by atoms with Crippen LogP contribution in [0.5, 0.6) is 0 Å². The highest BCUT2D eigenvalue weighted by atomic mass is 28.3. The number of ether oxygens (including phenoxy) is 1. The van der Waals surface area contributed by atoms with E-state index in [4.69, 9.17) is 9.84 Å². The second-order valence-electron chi connectivity index (χ2n) is 10.1. The summed E-state index contributed by atoms with van der Waals surface area (Å²) >= 11 is 0. The summed E-state index contributed by atoms with van der Waals surface area (Å²) in [7, 11) is -1.20. The van der Waals surface area contributed by atoms with E-state index >= 15 is 0 Å². The Labute approximate surface area is 211 Å². The number of carbonyl (C=O) groups is 1. The van der Waals surface area contributed by atoms with Gasteiger partial charge >= 0.3 is 0 Å². The van der Waals surface area contributed by atoms with Crippen LogP contribution in [0.15, 0.2) is 66.9 Å². The lowest BCUT2D eigenvalue weighted by Gasteiger charge is -2.16. The van der Waals surface area contributed by atoms with Crippen LogP contribution in [-0.4, -0.2) is 44.8 Å². The number of fused-ring (bicyclic) bond motifs is 2. The molecule has 36 heavy (non-hydrogen) atoms. The number of pyridine rings is 1. The smallest absolute Gasteiger partial charge is 0.228 e. The number of aryl methyl sites for hydroxylation is 1. The van der Waals surface area contributed by atoms with Gasteiger partial charge in [-0.05, 0) is 37.2 Å². The van der Waals surface area contributed by atoms with E-state index in [0.717, 1.165) is 45.9 Å². The number of ketones is 1. The van der Waals surface area contributed by atoms with Crippen molar-refractivity contribution in [2.75, 3.05) is 6.61 Å². The predicted molar refractivity (Wildman–Crippen MR) is 146 cm³/mol. The zero-order valence-electron chi connectivity index (χ0n) is 21.2. The van der Waals surface area contributed by atoms with Crippen LogP contribution in [0.4, 0.5) is 0 Å². The maximum Gasteiger partial charge on any atom is 0.228 e. The predicted octanol–water partition coefficient (Wildman–Crippen LogP) is 6.01.